The van der Waals surface area contributed by atoms with Crippen molar-refractivity contribution >= 4 is 28.8 Å². The summed E-state index contributed by atoms with van der Waals surface area (Å²) in [6, 6.07) is 20.1. The molecule has 0 bridgehead atoms. The molecule has 1 heterocycles. The number of hydrogen-bond donors (Lipinski definition) is 1. The number of carbonyl (C=O) groups is 2. The average Bonchev–Trinajstić information content (AvgIpc) is 3.04. The van der Waals surface area contributed by atoms with Crippen LogP contribution in [0.3, 0.4) is 0 Å². The van der Waals surface area contributed by atoms with Gasteiger partial charge in [0.2, 0.25) is 0 Å². The minimum atomic E-state index is -1.15. The van der Waals surface area contributed by atoms with Crippen molar-refractivity contribution in [2.24, 2.45) is 0 Å². The van der Waals surface area contributed by atoms with E-state index in [1.54, 1.807) is 67.6 Å². The number of aliphatic hydroxyl groups excluding tert-OH is 1. The van der Waals surface area contributed by atoms with Crippen molar-refractivity contribution in [3.63, 3.8) is 0 Å². The number of Topliss-reactive ketones (excluding diaryl/α,β-unsaturated/α-hetero) is 1. The van der Waals surface area contributed by atoms with Crippen LogP contribution in [0, 0.1) is 17.0 Å². The van der Waals surface area contributed by atoms with Crippen molar-refractivity contribution in [2.45, 2.75) is 13.0 Å². The van der Waals surface area contributed by atoms with Gasteiger partial charge >= 0.3 is 0 Å². The summed E-state index contributed by atoms with van der Waals surface area (Å²) in [4.78, 5) is 38.6. The van der Waals surface area contributed by atoms with Crippen LogP contribution in [0.15, 0.2) is 84.4 Å². The number of benzene rings is 3. The van der Waals surface area contributed by atoms with Gasteiger partial charge in [-0.3, -0.25) is 24.6 Å². The van der Waals surface area contributed by atoms with Crippen LogP contribution < -0.4 is 4.90 Å². The monoisotopic (exact) mass is 414 g/mol. The van der Waals surface area contributed by atoms with Gasteiger partial charge in [0.15, 0.2) is 0 Å². The van der Waals surface area contributed by atoms with Gasteiger partial charge in [-0.1, -0.05) is 60.7 Å². The topological polar surface area (TPSA) is 101 Å². The Labute approximate surface area is 178 Å². The zero-order valence-corrected chi connectivity index (χ0v) is 16.6. The van der Waals surface area contributed by atoms with E-state index in [0.717, 1.165) is 0 Å². The van der Waals surface area contributed by atoms with Crippen molar-refractivity contribution in [3.8, 4) is 0 Å². The summed E-state index contributed by atoms with van der Waals surface area (Å²) in [6.07, 6.45) is 0. The number of amides is 1. The van der Waals surface area contributed by atoms with Gasteiger partial charge in [0, 0.05) is 17.3 Å². The Kier molecular flexibility index (Phi) is 5.09. The summed E-state index contributed by atoms with van der Waals surface area (Å²) in [5, 5.41) is 22.8. The van der Waals surface area contributed by atoms with E-state index in [2.05, 4.69) is 0 Å². The minimum Gasteiger partial charge on any atom is -0.507 e. The zero-order valence-electron chi connectivity index (χ0n) is 16.6. The molecule has 1 aliphatic heterocycles. The number of hydrogen-bond acceptors (Lipinski definition) is 5. The molecule has 0 spiro atoms. The average molecular weight is 414 g/mol. The number of nitrogens with zero attached hydrogens (tertiary/aromatic N) is 2. The highest BCUT2D eigenvalue weighted by Crippen LogP contribution is 2.45. The number of carbonyl (C=O) groups excluding carboxylic acids is 2. The maximum Gasteiger partial charge on any atom is 0.300 e. The molecule has 7 heteroatoms. The Morgan fingerprint density at radius 2 is 1.55 bits per heavy atom. The van der Waals surface area contributed by atoms with Crippen LogP contribution in [0.2, 0.25) is 0 Å². The number of aliphatic hydroxyl groups is 1. The number of para-hydroxylation sites is 2. The largest absolute Gasteiger partial charge is 0.507 e. The summed E-state index contributed by atoms with van der Waals surface area (Å²) in [5.74, 6) is -2.12. The predicted molar refractivity (Wildman–Crippen MR) is 116 cm³/mol. The molecule has 1 atom stereocenters. The summed E-state index contributed by atoms with van der Waals surface area (Å²) in [7, 11) is 0. The fourth-order valence-electron chi connectivity index (χ4n) is 3.85. The smallest absolute Gasteiger partial charge is 0.300 e. The van der Waals surface area contributed by atoms with Crippen LogP contribution >= 0.6 is 0 Å². The number of nitro benzene ring substituents is 1. The molecule has 0 aliphatic carbocycles. The summed E-state index contributed by atoms with van der Waals surface area (Å²) >= 11 is 0. The third-order valence-electron chi connectivity index (χ3n) is 5.29. The molecule has 1 saturated heterocycles. The Morgan fingerprint density at radius 1 is 0.935 bits per heavy atom. The molecule has 3 aromatic rings. The third-order valence-corrected chi connectivity index (χ3v) is 5.29. The molecule has 0 unspecified atom stereocenters. The third kappa shape index (κ3) is 3.36. The van der Waals surface area contributed by atoms with E-state index in [0.29, 0.717) is 16.8 Å². The lowest BCUT2D eigenvalue weighted by Crippen LogP contribution is -2.30. The van der Waals surface area contributed by atoms with Crippen LogP contribution in [0.25, 0.3) is 5.76 Å². The number of nitro groups is 1. The van der Waals surface area contributed by atoms with Crippen molar-refractivity contribution in [1.29, 1.82) is 0 Å². The SMILES string of the molecule is Cc1ccccc1N1C(=O)C(=O)C(=C(O)c2ccccc2)[C@H]1c1ccccc1[N+](=O)[O-]. The predicted octanol–water partition coefficient (Wildman–Crippen LogP) is 4.53. The van der Waals surface area contributed by atoms with Gasteiger partial charge in [-0.15, -0.1) is 0 Å². The maximum absolute atomic E-state index is 13.1. The Hall–Kier alpha value is -4.26. The van der Waals surface area contributed by atoms with Crippen LogP contribution in [-0.4, -0.2) is 21.7 Å². The Bertz CT molecular complexity index is 1230. The molecule has 4 rings (SSSR count). The van der Waals surface area contributed by atoms with E-state index in [1.807, 2.05) is 0 Å². The second-order valence-electron chi connectivity index (χ2n) is 7.14. The fraction of sp³-hybridized carbons (Fsp3) is 0.0833. The van der Waals surface area contributed by atoms with Crippen LogP contribution in [0.4, 0.5) is 11.4 Å². The molecule has 3 aromatic carbocycles. The quantitative estimate of drug-likeness (QED) is 0.222. The summed E-state index contributed by atoms with van der Waals surface area (Å²) in [6.45, 7) is 1.78. The normalized spacial score (nSPS) is 17.7. The van der Waals surface area contributed by atoms with Crippen molar-refractivity contribution in [3.05, 3.63) is 111 Å². The van der Waals surface area contributed by atoms with Gasteiger partial charge in [-0.2, -0.15) is 0 Å². The van der Waals surface area contributed by atoms with Gasteiger partial charge in [0.1, 0.15) is 11.8 Å². The van der Waals surface area contributed by atoms with Crippen LogP contribution in [0.1, 0.15) is 22.7 Å². The van der Waals surface area contributed by atoms with Gasteiger partial charge in [-0.25, -0.2) is 0 Å². The highest BCUT2D eigenvalue weighted by atomic mass is 16.6. The van der Waals surface area contributed by atoms with Crippen molar-refractivity contribution < 1.29 is 19.6 Å². The minimum absolute atomic E-state index is 0.146. The first-order valence-corrected chi connectivity index (χ1v) is 9.57. The number of anilines is 1. The highest BCUT2D eigenvalue weighted by molar-refractivity contribution is 6.51. The second kappa shape index (κ2) is 7.87. The molecule has 0 radical (unpaired) electrons. The van der Waals surface area contributed by atoms with Gasteiger partial charge in [-0.05, 0) is 24.6 Å². The number of aryl methyl sites for hydroxylation is 1. The lowest BCUT2D eigenvalue weighted by Gasteiger charge is -2.26. The lowest BCUT2D eigenvalue weighted by atomic mass is 9.94. The van der Waals surface area contributed by atoms with E-state index in [4.69, 9.17) is 0 Å². The Balaban J connectivity index is 2.04. The maximum atomic E-state index is 13.1. The van der Waals surface area contributed by atoms with E-state index < -0.39 is 22.7 Å². The van der Waals surface area contributed by atoms with E-state index >= 15 is 0 Å². The molecule has 7 nitrogen and oxygen atoms in total. The van der Waals surface area contributed by atoms with E-state index in [1.165, 1.54) is 23.1 Å². The molecule has 1 amide bonds. The van der Waals surface area contributed by atoms with Crippen LogP contribution in [-0.2, 0) is 9.59 Å². The van der Waals surface area contributed by atoms with Gasteiger partial charge < -0.3 is 5.11 Å². The second-order valence-corrected chi connectivity index (χ2v) is 7.14. The van der Waals surface area contributed by atoms with Crippen molar-refractivity contribution in [1.82, 2.24) is 0 Å². The van der Waals surface area contributed by atoms with Crippen molar-refractivity contribution in [2.75, 3.05) is 4.90 Å². The first kappa shape index (κ1) is 20.0. The highest BCUT2D eigenvalue weighted by Gasteiger charge is 2.49. The molecule has 31 heavy (non-hydrogen) atoms. The molecule has 1 aliphatic rings. The molecular weight excluding hydrogens is 396 g/mol. The zero-order chi connectivity index (χ0) is 22.1. The van der Waals surface area contributed by atoms with Gasteiger partial charge in [0.25, 0.3) is 17.4 Å². The lowest BCUT2D eigenvalue weighted by molar-refractivity contribution is -0.385. The first-order valence-electron chi connectivity index (χ1n) is 9.57. The summed E-state index contributed by atoms with van der Waals surface area (Å²) < 4.78 is 0. The van der Waals surface area contributed by atoms with E-state index in [9.17, 15) is 24.8 Å². The molecular formula is C24H18N2O5. The summed E-state index contributed by atoms with van der Waals surface area (Å²) in [5.41, 5.74) is 1.22. The molecule has 1 N–H and O–H groups in total. The molecule has 0 aromatic heterocycles. The van der Waals surface area contributed by atoms with Crippen LogP contribution in [0.5, 0.6) is 0 Å². The number of ketones is 1. The molecule has 1 fully saturated rings. The number of rotatable bonds is 4. The first-order chi connectivity index (χ1) is 14.9. The standard InChI is InChI=1S/C24H18N2O5/c1-15-9-5-7-13-18(15)25-21(17-12-6-8-14-19(17)26(30)31)20(23(28)24(25)29)22(27)16-10-3-2-4-11-16/h2-14,21,27H,1H3/t21-/m1/s1. The fourth-order valence-corrected chi connectivity index (χ4v) is 3.85. The van der Waals surface area contributed by atoms with Gasteiger partial charge in [0.05, 0.1) is 16.1 Å². The van der Waals surface area contributed by atoms with E-state index in [-0.39, 0.29) is 22.6 Å². The molecule has 154 valence electrons. The Morgan fingerprint density at radius 3 is 2.23 bits per heavy atom. The molecule has 0 saturated carbocycles.